The van der Waals surface area contributed by atoms with Crippen molar-refractivity contribution in [3.8, 4) is 11.4 Å². The summed E-state index contributed by atoms with van der Waals surface area (Å²) in [7, 11) is 3.96. The lowest BCUT2D eigenvalue weighted by molar-refractivity contribution is 0.0951. The number of nitrogens with zero attached hydrogens (tertiary/aromatic N) is 2. The van der Waals surface area contributed by atoms with Crippen LogP contribution in [0, 0.1) is 0 Å². The predicted molar refractivity (Wildman–Crippen MR) is 92.4 cm³/mol. The highest BCUT2D eigenvalue weighted by Gasteiger charge is 2.08. The fourth-order valence-corrected chi connectivity index (χ4v) is 2.36. The van der Waals surface area contributed by atoms with Crippen molar-refractivity contribution in [1.82, 2.24) is 20.2 Å². The molecule has 2 aromatic carbocycles. The highest BCUT2D eigenvalue weighted by atomic mass is 16.1. The average Bonchev–Trinajstić information content (AvgIpc) is 2.98. The highest BCUT2D eigenvalue weighted by Crippen LogP contribution is 2.20. The van der Waals surface area contributed by atoms with Gasteiger partial charge in [0.15, 0.2) is 0 Å². The Hall–Kier alpha value is -2.66. The third-order valence-corrected chi connectivity index (χ3v) is 3.65. The highest BCUT2D eigenvalue weighted by molar-refractivity contribution is 5.94. The van der Waals surface area contributed by atoms with Crippen LogP contribution in [0.25, 0.3) is 22.4 Å². The van der Waals surface area contributed by atoms with Crippen molar-refractivity contribution in [2.75, 3.05) is 27.2 Å². The summed E-state index contributed by atoms with van der Waals surface area (Å²) in [5.41, 5.74) is 3.57. The van der Waals surface area contributed by atoms with Crippen LogP contribution in [0.4, 0.5) is 0 Å². The summed E-state index contributed by atoms with van der Waals surface area (Å²) >= 11 is 0. The first-order valence-electron chi connectivity index (χ1n) is 7.61. The van der Waals surface area contributed by atoms with Gasteiger partial charge < -0.3 is 15.2 Å². The first-order valence-corrected chi connectivity index (χ1v) is 7.61. The number of aromatic nitrogens is 2. The second kappa shape index (κ2) is 6.62. The molecule has 0 aliphatic rings. The van der Waals surface area contributed by atoms with E-state index in [-0.39, 0.29) is 5.91 Å². The van der Waals surface area contributed by atoms with Crippen LogP contribution in [0.15, 0.2) is 48.5 Å². The van der Waals surface area contributed by atoms with E-state index in [0.29, 0.717) is 12.1 Å². The number of likely N-dealkylation sites (N-methyl/N-ethyl adjacent to an activating group) is 1. The van der Waals surface area contributed by atoms with Gasteiger partial charge in [0.05, 0.1) is 11.0 Å². The Morgan fingerprint density at radius 1 is 1.13 bits per heavy atom. The van der Waals surface area contributed by atoms with Crippen molar-refractivity contribution in [3.63, 3.8) is 0 Å². The number of fused-ring (bicyclic) bond motifs is 1. The summed E-state index contributed by atoms with van der Waals surface area (Å²) in [6.07, 6.45) is 0. The number of hydrogen-bond acceptors (Lipinski definition) is 3. The van der Waals surface area contributed by atoms with E-state index < -0.39 is 0 Å². The molecule has 5 nitrogen and oxygen atoms in total. The van der Waals surface area contributed by atoms with Crippen molar-refractivity contribution in [2.24, 2.45) is 0 Å². The lowest BCUT2D eigenvalue weighted by Crippen LogP contribution is -2.31. The Morgan fingerprint density at radius 3 is 2.57 bits per heavy atom. The molecule has 2 N–H and O–H groups in total. The van der Waals surface area contributed by atoms with E-state index in [1.807, 2.05) is 67.5 Å². The number of benzene rings is 2. The molecule has 3 rings (SSSR count). The largest absolute Gasteiger partial charge is 0.351 e. The molecule has 0 saturated carbocycles. The zero-order chi connectivity index (χ0) is 16.2. The van der Waals surface area contributed by atoms with Crippen molar-refractivity contribution < 1.29 is 4.79 Å². The normalized spacial score (nSPS) is 11.1. The molecule has 23 heavy (non-hydrogen) atoms. The van der Waals surface area contributed by atoms with Gasteiger partial charge in [0.25, 0.3) is 5.91 Å². The quantitative estimate of drug-likeness (QED) is 0.761. The van der Waals surface area contributed by atoms with Gasteiger partial charge in [-0.2, -0.15) is 0 Å². The zero-order valence-electron chi connectivity index (χ0n) is 13.3. The molecule has 0 atom stereocenters. The van der Waals surface area contributed by atoms with Crippen LogP contribution in [0.2, 0.25) is 0 Å². The van der Waals surface area contributed by atoms with Crippen molar-refractivity contribution in [2.45, 2.75) is 0 Å². The SMILES string of the molecule is CN(C)CCNC(=O)c1ccc(-c2nc3ccccc3[nH]2)cc1. The topological polar surface area (TPSA) is 61.0 Å². The Labute approximate surface area is 135 Å². The maximum absolute atomic E-state index is 12.1. The molecule has 1 heterocycles. The van der Waals surface area contributed by atoms with E-state index in [2.05, 4.69) is 15.3 Å². The molecule has 1 aromatic heterocycles. The van der Waals surface area contributed by atoms with E-state index >= 15 is 0 Å². The number of hydrogen-bond donors (Lipinski definition) is 2. The molecule has 1 amide bonds. The van der Waals surface area contributed by atoms with Crippen LogP contribution >= 0.6 is 0 Å². The number of aromatic amines is 1. The number of rotatable bonds is 5. The van der Waals surface area contributed by atoms with Crippen LogP contribution < -0.4 is 5.32 Å². The molecule has 118 valence electrons. The molecule has 0 spiro atoms. The monoisotopic (exact) mass is 308 g/mol. The molecule has 0 bridgehead atoms. The number of H-pyrrole nitrogens is 1. The summed E-state index contributed by atoms with van der Waals surface area (Å²) in [5, 5.41) is 2.91. The first kappa shape index (κ1) is 15.2. The molecule has 0 aliphatic heterocycles. The van der Waals surface area contributed by atoms with Gasteiger partial charge in [0.2, 0.25) is 0 Å². The minimum atomic E-state index is -0.0528. The van der Waals surface area contributed by atoms with Crippen LogP contribution in [0.3, 0.4) is 0 Å². The average molecular weight is 308 g/mol. The molecule has 0 aliphatic carbocycles. The Bertz CT molecular complexity index is 772. The van der Waals surface area contributed by atoms with Gasteiger partial charge in [-0.05, 0) is 38.4 Å². The van der Waals surface area contributed by atoms with Gasteiger partial charge in [-0.25, -0.2) is 4.98 Å². The molecule has 0 saturated heterocycles. The fourth-order valence-electron chi connectivity index (χ4n) is 2.36. The van der Waals surface area contributed by atoms with Crippen LogP contribution in [-0.2, 0) is 0 Å². The first-order chi connectivity index (χ1) is 11.1. The number of carbonyl (C=O) groups excluding carboxylic acids is 1. The third-order valence-electron chi connectivity index (χ3n) is 3.65. The molecule has 0 unspecified atom stereocenters. The minimum absolute atomic E-state index is 0.0528. The summed E-state index contributed by atoms with van der Waals surface area (Å²) < 4.78 is 0. The van der Waals surface area contributed by atoms with E-state index in [0.717, 1.165) is 29.0 Å². The molecular weight excluding hydrogens is 288 g/mol. The Kier molecular flexibility index (Phi) is 4.39. The number of nitrogens with one attached hydrogen (secondary N) is 2. The summed E-state index contributed by atoms with van der Waals surface area (Å²) in [4.78, 5) is 21.9. The second-order valence-corrected chi connectivity index (χ2v) is 5.74. The van der Waals surface area contributed by atoms with Crippen molar-refractivity contribution in [3.05, 3.63) is 54.1 Å². The number of para-hydroxylation sites is 2. The Balaban J connectivity index is 1.72. The van der Waals surface area contributed by atoms with E-state index in [1.54, 1.807) is 0 Å². The van der Waals surface area contributed by atoms with E-state index in [9.17, 15) is 4.79 Å². The molecule has 5 heteroatoms. The van der Waals surface area contributed by atoms with E-state index in [4.69, 9.17) is 0 Å². The summed E-state index contributed by atoms with van der Waals surface area (Å²) in [6.45, 7) is 1.46. The lowest BCUT2D eigenvalue weighted by Gasteiger charge is -2.10. The van der Waals surface area contributed by atoms with Gasteiger partial charge in [-0.3, -0.25) is 4.79 Å². The smallest absolute Gasteiger partial charge is 0.251 e. The van der Waals surface area contributed by atoms with Gasteiger partial charge >= 0.3 is 0 Å². The standard InChI is InChI=1S/C18H20N4O/c1-22(2)12-11-19-18(23)14-9-7-13(8-10-14)17-20-15-5-3-4-6-16(15)21-17/h3-10H,11-12H2,1-2H3,(H,19,23)(H,20,21). The molecular formula is C18H20N4O. The Morgan fingerprint density at radius 2 is 1.87 bits per heavy atom. The zero-order valence-corrected chi connectivity index (χ0v) is 13.3. The lowest BCUT2D eigenvalue weighted by atomic mass is 10.1. The second-order valence-electron chi connectivity index (χ2n) is 5.74. The molecule has 3 aromatic rings. The van der Waals surface area contributed by atoms with Crippen LogP contribution in [0.1, 0.15) is 10.4 Å². The fraction of sp³-hybridized carbons (Fsp3) is 0.222. The van der Waals surface area contributed by atoms with E-state index in [1.165, 1.54) is 0 Å². The van der Waals surface area contributed by atoms with Gasteiger partial charge in [0, 0.05) is 24.2 Å². The van der Waals surface area contributed by atoms with Gasteiger partial charge in [0.1, 0.15) is 5.82 Å². The maximum Gasteiger partial charge on any atom is 0.251 e. The molecule has 0 fully saturated rings. The number of carbonyl (C=O) groups is 1. The van der Waals surface area contributed by atoms with Crippen LogP contribution in [0.5, 0.6) is 0 Å². The van der Waals surface area contributed by atoms with Crippen LogP contribution in [-0.4, -0.2) is 48.0 Å². The predicted octanol–water partition coefficient (Wildman–Crippen LogP) is 2.52. The number of amides is 1. The van der Waals surface area contributed by atoms with Gasteiger partial charge in [-0.15, -0.1) is 0 Å². The summed E-state index contributed by atoms with van der Waals surface area (Å²) in [5.74, 6) is 0.758. The third kappa shape index (κ3) is 3.57. The minimum Gasteiger partial charge on any atom is -0.351 e. The number of imidazole rings is 1. The van der Waals surface area contributed by atoms with Crippen molar-refractivity contribution in [1.29, 1.82) is 0 Å². The maximum atomic E-state index is 12.1. The molecule has 0 radical (unpaired) electrons. The van der Waals surface area contributed by atoms with Gasteiger partial charge in [-0.1, -0.05) is 24.3 Å². The van der Waals surface area contributed by atoms with Crippen molar-refractivity contribution >= 4 is 16.9 Å². The summed E-state index contributed by atoms with van der Waals surface area (Å²) in [6, 6.07) is 15.4.